The van der Waals surface area contributed by atoms with Crippen molar-refractivity contribution in [2.45, 2.75) is 45.1 Å². The van der Waals surface area contributed by atoms with Crippen molar-refractivity contribution < 1.29 is 9.90 Å². The molecule has 0 aromatic heterocycles. The van der Waals surface area contributed by atoms with Gasteiger partial charge in [-0.15, -0.1) is 0 Å². The van der Waals surface area contributed by atoms with Crippen LogP contribution in [-0.2, 0) is 0 Å². The van der Waals surface area contributed by atoms with E-state index in [9.17, 15) is 4.79 Å². The molecule has 1 aromatic rings. The number of aliphatic hydroxyl groups excluding tert-OH is 1. The van der Waals surface area contributed by atoms with Crippen molar-refractivity contribution in [1.82, 2.24) is 5.32 Å². The Labute approximate surface area is 126 Å². The molecule has 2 atom stereocenters. The molecule has 1 aliphatic rings. The molecular weight excluding hydrogens is 262 g/mol. The summed E-state index contributed by atoms with van der Waals surface area (Å²) in [5.74, 6) is 6.39. The predicted molar refractivity (Wildman–Crippen MR) is 83.9 cm³/mol. The number of rotatable bonds is 3. The Hall–Kier alpha value is -1.79. The number of amides is 1. The second-order valence-corrected chi connectivity index (χ2v) is 5.69. The van der Waals surface area contributed by atoms with Crippen molar-refractivity contribution in [1.29, 1.82) is 0 Å². The van der Waals surface area contributed by atoms with Crippen LogP contribution in [0.3, 0.4) is 0 Å². The van der Waals surface area contributed by atoms with E-state index >= 15 is 0 Å². The third kappa shape index (κ3) is 4.61. The van der Waals surface area contributed by atoms with Gasteiger partial charge in [0.05, 0.1) is 6.61 Å². The number of hydrogen-bond acceptors (Lipinski definition) is 2. The first-order valence-electron chi connectivity index (χ1n) is 7.71. The van der Waals surface area contributed by atoms with Crippen molar-refractivity contribution in [3.05, 3.63) is 35.4 Å². The highest BCUT2D eigenvalue weighted by Gasteiger charge is 2.23. The Bertz CT molecular complexity index is 524. The van der Waals surface area contributed by atoms with Crippen LogP contribution in [0.1, 0.15) is 54.9 Å². The maximum absolute atomic E-state index is 12.2. The predicted octanol–water partition coefficient (Wildman–Crippen LogP) is 2.73. The van der Waals surface area contributed by atoms with E-state index in [4.69, 9.17) is 5.11 Å². The Morgan fingerprint density at radius 1 is 1.29 bits per heavy atom. The molecule has 3 nitrogen and oxygen atoms in total. The molecule has 112 valence electrons. The second-order valence-electron chi connectivity index (χ2n) is 5.69. The fourth-order valence-electron chi connectivity index (χ4n) is 2.71. The average Bonchev–Trinajstić information content (AvgIpc) is 2.50. The molecule has 1 aliphatic carbocycles. The van der Waals surface area contributed by atoms with Crippen LogP contribution in [0.15, 0.2) is 24.3 Å². The van der Waals surface area contributed by atoms with Gasteiger partial charge in [-0.2, -0.15) is 0 Å². The summed E-state index contributed by atoms with van der Waals surface area (Å²) in [6.45, 7) is 2.29. The van der Waals surface area contributed by atoms with Gasteiger partial charge in [-0.1, -0.05) is 31.6 Å². The van der Waals surface area contributed by atoms with Crippen LogP contribution < -0.4 is 5.32 Å². The molecule has 2 unspecified atom stereocenters. The lowest BCUT2D eigenvalue weighted by Gasteiger charge is -2.29. The molecule has 0 aliphatic heterocycles. The summed E-state index contributed by atoms with van der Waals surface area (Å²) < 4.78 is 0. The van der Waals surface area contributed by atoms with Gasteiger partial charge in [0, 0.05) is 23.6 Å². The Kier molecular flexibility index (Phi) is 5.83. The van der Waals surface area contributed by atoms with E-state index in [0.717, 1.165) is 12.0 Å². The lowest BCUT2D eigenvalue weighted by Crippen LogP contribution is -2.41. The normalized spacial score (nSPS) is 21.2. The zero-order valence-electron chi connectivity index (χ0n) is 12.6. The van der Waals surface area contributed by atoms with Crippen LogP contribution in [0.5, 0.6) is 0 Å². The van der Waals surface area contributed by atoms with E-state index < -0.39 is 0 Å². The van der Waals surface area contributed by atoms with Crippen molar-refractivity contribution in [2.24, 2.45) is 5.92 Å². The summed E-state index contributed by atoms with van der Waals surface area (Å²) in [4.78, 5) is 12.2. The van der Waals surface area contributed by atoms with Crippen LogP contribution in [-0.4, -0.2) is 23.7 Å². The first-order chi connectivity index (χ1) is 10.2. The monoisotopic (exact) mass is 285 g/mol. The van der Waals surface area contributed by atoms with E-state index in [0.29, 0.717) is 23.9 Å². The van der Waals surface area contributed by atoms with Crippen molar-refractivity contribution in [3.63, 3.8) is 0 Å². The fourth-order valence-corrected chi connectivity index (χ4v) is 2.71. The minimum absolute atomic E-state index is 0.00335. The minimum Gasteiger partial charge on any atom is -0.395 e. The van der Waals surface area contributed by atoms with Gasteiger partial charge in [-0.3, -0.25) is 4.79 Å². The van der Waals surface area contributed by atoms with Gasteiger partial charge >= 0.3 is 0 Å². The van der Waals surface area contributed by atoms with Crippen LogP contribution in [0.4, 0.5) is 0 Å². The van der Waals surface area contributed by atoms with Crippen molar-refractivity contribution in [3.8, 4) is 11.8 Å². The van der Waals surface area contributed by atoms with Crippen molar-refractivity contribution in [2.75, 3.05) is 6.61 Å². The maximum Gasteiger partial charge on any atom is 0.251 e. The smallest absolute Gasteiger partial charge is 0.251 e. The highest BCUT2D eigenvalue weighted by atomic mass is 16.2. The molecular formula is C18H23NO2. The van der Waals surface area contributed by atoms with E-state index in [1.54, 1.807) is 0 Å². The number of carbonyl (C=O) groups excluding carboxylic acids is 1. The molecule has 21 heavy (non-hydrogen) atoms. The molecule has 1 saturated carbocycles. The molecule has 0 spiro atoms. The summed E-state index contributed by atoms with van der Waals surface area (Å²) in [6.07, 6.45) is 5.23. The molecule has 0 saturated heterocycles. The zero-order chi connectivity index (χ0) is 15.1. The van der Waals surface area contributed by atoms with Crippen LogP contribution in [0.2, 0.25) is 0 Å². The molecule has 1 aromatic carbocycles. The molecule has 3 heteroatoms. The number of carbonyl (C=O) groups is 1. The minimum atomic E-state index is 0.00335. The van der Waals surface area contributed by atoms with Crippen LogP contribution in [0, 0.1) is 17.8 Å². The third-order valence-electron chi connectivity index (χ3n) is 4.04. The Morgan fingerprint density at radius 3 is 2.67 bits per heavy atom. The first-order valence-corrected chi connectivity index (χ1v) is 7.71. The van der Waals surface area contributed by atoms with Gasteiger partial charge in [0.25, 0.3) is 5.91 Å². The van der Waals surface area contributed by atoms with Gasteiger partial charge < -0.3 is 10.4 Å². The van der Waals surface area contributed by atoms with Crippen LogP contribution in [0.25, 0.3) is 0 Å². The molecule has 2 N–H and O–H groups in total. The molecule has 2 rings (SSSR count). The largest absolute Gasteiger partial charge is 0.395 e. The summed E-state index contributed by atoms with van der Waals surface area (Å²) in [5.41, 5.74) is 1.55. The highest BCUT2D eigenvalue weighted by molar-refractivity contribution is 5.94. The second kappa shape index (κ2) is 7.85. The van der Waals surface area contributed by atoms with Gasteiger partial charge in [0.15, 0.2) is 0 Å². The SMILES string of the molecule is CC1CCCCC1NC(=O)c1ccc(C#CCCO)cc1. The first kappa shape index (κ1) is 15.6. The van der Waals surface area contributed by atoms with E-state index in [-0.39, 0.29) is 12.5 Å². The summed E-state index contributed by atoms with van der Waals surface area (Å²) >= 11 is 0. The maximum atomic E-state index is 12.2. The molecule has 1 amide bonds. The topological polar surface area (TPSA) is 49.3 Å². The zero-order valence-corrected chi connectivity index (χ0v) is 12.6. The Morgan fingerprint density at radius 2 is 2.00 bits per heavy atom. The molecule has 1 fully saturated rings. The van der Waals surface area contributed by atoms with E-state index in [2.05, 4.69) is 24.1 Å². The number of benzene rings is 1. The fraction of sp³-hybridized carbons (Fsp3) is 0.500. The van der Waals surface area contributed by atoms with E-state index in [1.807, 2.05) is 24.3 Å². The Balaban J connectivity index is 1.95. The summed E-state index contributed by atoms with van der Waals surface area (Å²) in [7, 11) is 0. The van der Waals surface area contributed by atoms with Gasteiger partial charge in [0.1, 0.15) is 0 Å². The summed E-state index contributed by atoms with van der Waals surface area (Å²) in [5, 5.41) is 11.8. The number of aliphatic hydroxyl groups is 1. The third-order valence-corrected chi connectivity index (χ3v) is 4.04. The van der Waals surface area contributed by atoms with Crippen molar-refractivity contribution >= 4 is 5.91 Å². The summed E-state index contributed by atoms with van der Waals surface area (Å²) in [6, 6.07) is 7.63. The van der Waals surface area contributed by atoms with Gasteiger partial charge in [-0.25, -0.2) is 0 Å². The lowest BCUT2D eigenvalue weighted by molar-refractivity contribution is 0.0910. The average molecular weight is 285 g/mol. The van der Waals surface area contributed by atoms with Gasteiger partial charge in [0.2, 0.25) is 0 Å². The van der Waals surface area contributed by atoms with Crippen LogP contribution >= 0.6 is 0 Å². The highest BCUT2D eigenvalue weighted by Crippen LogP contribution is 2.24. The molecule has 0 heterocycles. The standard InChI is InChI=1S/C18H23NO2/c1-14-6-2-3-8-17(14)19-18(21)16-11-9-15(10-12-16)7-4-5-13-20/h9-12,14,17,20H,2-3,5-6,8,13H2,1H3,(H,19,21). The molecule has 0 radical (unpaired) electrons. The number of hydrogen-bond donors (Lipinski definition) is 2. The van der Waals surface area contributed by atoms with E-state index in [1.165, 1.54) is 19.3 Å². The number of nitrogens with one attached hydrogen (secondary N) is 1. The van der Waals surface area contributed by atoms with Gasteiger partial charge in [-0.05, 0) is 43.0 Å². The molecule has 0 bridgehead atoms. The lowest BCUT2D eigenvalue weighted by atomic mass is 9.86. The quantitative estimate of drug-likeness (QED) is 0.839.